The summed E-state index contributed by atoms with van der Waals surface area (Å²) in [6.45, 7) is 7.47. The Labute approximate surface area is 194 Å². The van der Waals surface area contributed by atoms with E-state index < -0.39 is 15.9 Å². The molecule has 4 rings (SSSR count). The van der Waals surface area contributed by atoms with Gasteiger partial charge in [-0.25, -0.2) is 8.42 Å². The Morgan fingerprint density at radius 2 is 1.91 bits per heavy atom. The summed E-state index contributed by atoms with van der Waals surface area (Å²) in [6.07, 6.45) is 3.39. The van der Waals surface area contributed by atoms with Gasteiger partial charge < -0.3 is 19.4 Å². The van der Waals surface area contributed by atoms with E-state index in [4.69, 9.17) is 9.15 Å². The first-order chi connectivity index (χ1) is 15.9. The molecule has 11 heteroatoms. The molecule has 2 fully saturated rings. The minimum atomic E-state index is -3.57. The molecule has 2 aliphatic heterocycles. The molecular weight excluding hydrogens is 446 g/mol. The van der Waals surface area contributed by atoms with E-state index in [0.29, 0.717) is 38.4 Å². The average Bonchev–Trinajstić information content (AvgIpc) is 3.33. The molecule has 2 aliphatic rings. The molecule has 1 aromatic carbocycles. The second-order valence-electron chi connectivity index (χ2n) is 8.61. The maximum atomic E-state index is 12.7. The van der Waals surface area contributed by atoms with E-state index in [2.05, 4.69) is 27.3 Å². The topological polar surface area (TPSA) is 118 Å². The van der Waals surface area contributed by atoms with Gasteiger partial charge in [0.15, 0.2) is 0 Å². The zero-order chi connectivity index (χ0) is 23.3. The third-order valence-corrected chi connectivity index (χ3v) is 7.92. The highest BCUT2D eigenvalue weighted by Gasteiger charge is 2.26. The fourth-order valence-electron chi connectivity index (χ4n) is 4.21. The van der Waals surface area contributed by atoms with Crippen molar-refractivity contribution in [2.24, 2.45) is 5.92 Å². The van der Waals surface area contributed by atoms with E-state index in [0.717, 1.165) is 32.0 Å². The van der Waals surface area contributed by atoms with Crippen molar-refractivity contribution < 1.29 is 22.4 Å². The largest absolute Gasteiger partial charge is 0.412 e. The molecule has 33 heavy (non-hydrogen) atoms. The van der Waals surface area contributed by atoms with E-state index in [1.807, 2.05) is 0 Å². The number of amides is 1. The first kappa shape index (κ1) is 23.8. The molecule has 2 aromatic rings. The number of rotatable bonds is 8. The molecule has 0 aliphatic carbocycles. The van der Waals surface area contributed by atoms with Crippen LogP contribution in [0.4, 0.5) is 0 Å². The zero-order valence-corrected chi connectivity index (χ0v) is 19.7. The lowest BCUT2D eigenvalue weighted by Crippen LogP contribution is -2.40. The minimum Gasteiger partial charge on any atom is -0.412 e. The first-order valence-electron chi connectivity index (χ1n) is 11.5. The highest BCUT2D eigenvalue weighted by molar-refractivity contribution is 7.89. The number of hydrogen-bond acceptors (Lipinski definition) is 8. The Morgan fingerprint density at radius 1 is 1.15 bits per heavy atom. The molecule has 0 bridgehead atoms. The van der Waals surface area contributed by atoms with Crippen LogP contribution in [0, 0.1) is 5.92 Å². The maximum Gasteiger partial charge on any atom is 0.308 e. The maximum absolute atomic E-state index is 12.7. The Kier molecular flexibility index (Phi) is 7.74. The van der Waals surface area contributed by atoms with Crippen LogP contribution in [-0.2, 0) is 14.8 Å². The number of nitrogens with one attached hydrogen (secondary N) is 1. The number of ether oxygens (including phenoxy) is 1. The molecule has 1 unspecified atom stereocenters. The fraction of sp³-hybridized carbons (Fsp3) is 0.591. The van der Waals surface area contributed by atoms with Crippen molar-refractivity contribution >= 4 is 15.9 Å². The Hall–Kier alpha value is -2.34. The number of morpholine rings is 1. The van der Waals surface area contributed by atoms with Crippen molar-refractivity contribution in [1.29, 1.82) is 0 Å². The summed E-state index contributed by atoms with van der Waals surface area (Å²) in [4.78, 5) is 15.0. The molecule has 1 N–H and O–H groups in total. The van der Waals surface area contributed by atoms with E-state index in [9.17, 15) is 13.2 Å². The number of carbonyl (C=O) groups is 1. The summed E-state index contributed by atoms with van der Waals surface area (Å²) in [5.41, 5.74) is 0.543. The predicted octanol–water partition coefficient (Wildman–Crippen LogP) is 1.61. The highest BCUT2D eigenvalue weighted by Crippen LogP contribution is 2.23. The second kappa shape index (κ2) is 10.7. The number of benzene rings is 1. The van der Waals surface area contributed by atoms with Gasteiger partial charge in [0, 0.05) is 31.7 Å². The predicted molar refractivity (Wildman–Crippen MR) is 121 cm³/mol. The fourth-order valence-corrected chi connectivity index (χ4v) is 5.62. The number of hydrogen-bond donors (Lipinski definition) is 1. The van der Waals surface area contributed by atoms with Gasteiger partial charge in [0.25, 0.3) is 0 Å². The van der Waals surface area contributed by atoms with Gasteiger partial charge in [-0.2, -0.15) is 4.31 Å². The molecule has 0 saturated carbocycles. The van der Waals surface area contributed by atoms with Crippen LogP contribution in [0.25, 0.3) is 11.5 Å². The van der Waals surface area contributed by atoms with E-state index in [-0.39, 0.29) is 16.7 Å². The van der Waals surface area contributed by atoms with Crippen LogP contribution in [0.3, 0.4) is 0 Å². The molecule has 3 heterocycles. The van der Waals surface area contributed by atoms with Crippen molar-refractivity contribution in [2.75, 3.05) is 52.5 Å². The summed E-state index contributed by atoms with van der Waals surface area (Å²) in [5.74, 6) is 0.380. The van der Waals surface area contributed by atoms with Crippen molar-refractivity contribution in [3.63, 3.8) is 0 Å². The van der Waals surface area contributed by atoms with Crippen molar-refractivity contribution in [1.82, 2.24) is 24.7 Å². The zero-order valence-electron chi connectivity index (χ0n) is 18.9. The highest BCUT2D eigenvalue weighted by atomic mass is 32.2. The number of likely N-dealkylation sites (tertiary alicyclic amines) is 1. The van der Waals surface area contributed by atoms with Crippen LogP contribution in [-0.4, -0.2) is 86.2 Å². The standard InChI is InChI=1S/C22H31N5O5S/c1-17-4-2-10-26(16-17)11-3-9-23-20(28)22-25-24-21(32-22)18-5-7-19(8-6-18)33(29,30)27-12-14-31-15-13-27/h5-8,17H,2-4,9-16H2,1H3,(H,23,28). The lowest BCUT2D eigenvalue weighted by molar-refractivity contribution is 0.0730. The average molecular weight is 478 g/mol. The quantitative estimate of drug-likeness (QED) is 0.570. The summed E-state index contributed by atoms with van der Waals surface area (Å²) in [7, 11) is -3.57. The van der Waals surface area contributed by atoms with Gasteiger partial charge in [-0.3, -0.25) is 4.79 Å². The SMILES string of the molecule is CC1CCCN(CCCNC(=O)c2nnc(-c3ccc(S(=O)(=O)N4CCOCC4)cc3)o2)C1. The summed E-state index contributed by atoms with van der Waals surface area (Å²) >= 11 is 0. The number of piperidine rings is 1. The monoisotopic (exact) mass is 477 g/mol. The minimum absolute atomic E-state index is 0.110. The van der Waals surface area contributed by atoms with Gasteiger partial charge in [-0.15, -0.1) is 10.2 Å². The summed E-state index contributed by atoms with van der Waals surface area (Å²) in [5, 5.41) is 10.6. The van der Waals surface area contributed by atoms with Gasteiger partial charge in [0.2, 0.25) is 15.9 Å². The summed E-state index contributed by atoms with van der Waals surface area (Å²) in [6, 6.07) is 6.21. The molecule has 0 spiro atoms. The van der Waals surface area contributed by atoms with Gasteiger partial charge in [-0.1, -0.05) is 6.92 Å². The Balaban J connectivity index is 1.29. The molecule has 180 valence electrons. The normalized spacial score (nSPS) is 20.6. The van der Waals surface area contributed by atoms with Crippen LogP contribution < -0.4 is 5.32 Å². The van der Waals surface area contributed by atoms with Crippen LogP contribution in [0.2, 0.25) is 0 Å². The third kappa shape index (κ3) is 5.97. The Morgan fingerprint density at radius 3 is 2.64 bits per heavy atom. The lowest BCUT2D eigenvalue weighted by atomic mass is 10.0. The van der Waals surface area contributed by atoms with Gasteiger partial charge in [-0.05, 0) is 62.5 Å². The van der Waals surface area contributed by atoms with Crippen molar-refractivity contribution in [3.8, 4) is 11.5 Å². The number of aromatic nitrogens is 2. The summed E-state index contributed by atoms with van der Waals surface area (Å²) < 4.78 is 37.6. The molecule has 1 atom stereocenters. The van der Waals surface area contributed by atoms with E-state index in [1.54, 1.807) is 12.1 Å². The van der Waals surface area contributed by atoms with Crippen molar-refractivity contribution in [3.05, 3.63) is 30.2 Å². The number of carbonyl (C=O) groups excluding carboxylic acids is 1. The third-order valence-electron chi connectivity index (χ3n) is 6.01. The molecule has 1 amide bonds. The van der Waals surface area contributed by atoms with Crippen LogP contribution in [0.1, 0.15) is 36.9 Å². The van der Waals surface area contributed by atoms with E-state index >= 15 is 0 Å². The number of nitrogens with zero attached hydrogens (tertiary/aromatic N) is 4. The second-order valence-corrected chi connectivity index (χ2v) is 10.5. The molecule has 1 aromatic heterocycles. The molecule has 10 nitrogen and oxygen atoms in total. The van der Waals surface area contributed by atoms with Crippen LogP contribution >= 0.6 is 0 Å². The molecule has 2 saturated heterocycles. The Bertz CT molecular complexity index is 1030. The number of sulfonamides is 1. The van der Waals surface area contributed by atoms with Gasteiger partial charge in [0.1, 0.15) is 0 Å². The smallest absolute Gasteiger partial charge is 0.308 e. The van der Waals surface area contributed by atoms with E-state index in [1.165, 1.54) is 29.3 Å². The van der Waals surface area contributed by atoms with Crippen LogP contribution in [0.5, 0.6) is 0 Å². The first-order valence-corrected chi connectivity index (χ1v) is 12.9. The lowest BCUT2D eigenvalue weighted by Gasteiger charge is -2.30. The van der Waals surface area contributed by atoms with Crippen LogP contribution in [0.15, 0.2) is 33.6 Å². The van der Waals surface area contributed by atoms with Gasteiger partial charge >= 0.3 is 11.8 Å². The molecular formula is C22H31N5O5S. The van der Waals surface area contributed by atoms with Gasteiger partial charge in [0.05, 0.1) is 18.1 Å². The van der Waals surface area contributed by atoms with Crippen molar-refractivity contribution in [2.45, 2.75) is 31.1 Å². The molecule has 0 radical (unpaired) electrons.